The highest BCUT2D eigenvalue weighted by Gasteiger charge is 2.17. The molecule has 1 rings (SSSR count). The molecule has 0 saturated carbocycles. The number of hydrogen-bond acceptors (Lipinski definition) is 4. The summed E-state index contributed by atoms with van der Waals surface area (Å²) in [6.45, 7) is 7.35. The van der Waals surface area contributed by atoms with E-state index in [0.717, 1.165) is 18.8 Å². The monoisotopic (exact) mass is 260 g/mol. The molecule has 104 valence electrons. The van der Waals surface area contributed by atoms with Gasteiger partial charge in [0.05, 0.1) is 12.5 Å². The Balaban J connectivity index is 2.92. The molecular weight excluding hydrogens is 236 g/mol. The van der Waals surface area contributed by atoms with Crippen LogP contribution in [0.1, 0.15) is 45.2 Å². The lowest BCUT2D eigenvalue weighted by atomic mass is 10.1. The van der Waals surface area contributed by atoms with Crippen molar-refractivity contribution in [3.8, 4) is 6.07 Å². The SMILES string of the molecule is CCCNC(C)c1cccnc1N(C)C(C)CC#N. The molecule has 0 aromatic carbocycles. The standard InChI is InChI=1S/C15H24N4/c1-5-10-17-13(3)14-7-6-11-18-15(14)19(4)12(2)8-9-16/h6-7,11-13,17H,5,8,10H2,1-4H3. The normalized spacial score (nSPS) is 13.6. The van der Waals surface area contributed by atoms with Gasteiger partial charge in [0.2, 0.25) is 0 Å². The molecule has 0 aliphatic heterocycles. The van der Waals surface area contributed by atoms with Gasteiger partial charge in [0.15, 0.2) is 0 Å². The van der Waals surface area contributed by atoms with Crippen molar-refractivity contribution in [1.82, 2.24) is 10.3 Å². The molecule has 0 aliphatic rings. The van der Waals surface area contributed by atoms with Crippen LogP contribution in [0.15, 0.2) is 18.3 Å². The van der Waals surface area contributed by atoms with E-state index in [1.807, 2.05) is 20.0 Å². The van der Waals surface area contributed by atoms with Crippen molar-refractivity contribution >= 4 is 5.82 Å². The molecule has 19 heavy (non-hydrogen) atoms. The number of rotatable bonds is 7. The third-order valence-electron chi connectivity index (χ3n) is 3.37. The predicted octanol–water partition coefficient (Wildman–Crippen LogP) is 2.88. The molecule has 1 aromatic heterocycles. The molecule has 0 spiro atoms. The quantitative estimate of drug-likeness (QED) is 0.819. The summed E-state index contributed by atoms with van der Waals surface area (Å²) in [5, 5.41) is 12.3. The molecule has 2 atom stereocenters. The molecule has 1 heterocycles. The van der Waals surface area contributed by atoms with E-state index in [1.165, 1.54) is 5.56 Å². The maximum atomic E-state index is 8.82. The van der Waals surface area contributed by atoms with Crippen molar-refractivity contribution in [3.63, 3.8) is 0 Å². The van der Waals surface area contributed by atoms with Gasteiger partial charge in [0.1, 0.15) is 5.82 Å². The molecule has 2 unspecified atom stereocenters. The Morgan fingerprint density at radius 3 is 2.84 bits per heavy atom. The molecule has 0 fully saturated rings. The van der Waals surface area contributed by atoms with Gasteiger partial charge in [-0.1, -0.05) is 13.0 Å². The van der Waals surface area contributed by atoms with Crippen LogP contribution in [0.4, 0.5) is 5.82 Å². The zero-order valence-electron chi connectivity index (χ0n) is 12.3. The van der Waals surface area contributed by atoms with Gasteiger partial charge < -0.3 is 10.2 Å². The van der Waals surface area contributed by atoms with Crippen molar-refractivity contribution in [2.24, 2.45) is 0 Å². The minimum Gasteiger partial charge on any atom is -0.356 e. The zero-order valence-corrected chi connectivity index (χ0v) is 12.3. The third-order valence-corrected chi connectivity index (χ3v) is 3.37. The molecule has 0 bridgehead atoms. The molecule has 1 aromatic rings. The first-order chi connectivity index (χ1) is 9.11. The molecule has 0 aliphatic carbocycles. The molecule has 0 amide bonds. The van der Waals surface area contributed by atoms with Gasteiger partial charge in [-0.3, -0.25) is 0 Å². The van der Waals surface area contributed by atoms with Gasteiger partial charge >= 0.3 is 0 Å². The summed E-state index contributed by atoms with van der Waals surface area (Å²) in [5.41, 5.74) is 1.18. The second kappa shape index (κ2) is 7.75. The second-order valence-electron chi connectivity index (χ2n) is 4.91. The number of nitrogens with zero attached hydrogens (tertiary/aromatic N) is 3. The van der Waals surface area contributed by atoms with E-state index < -0.39 is 0 Å². The van der Waals surface area contributed by atoms with Gasteiger partial charge in [-0.05, 0) is 32.9 Å². The first-order valence-electron chi connectivity index (χ1n) is 6.89. The smallest absolute Gasteiger partial charge is 0.133 e. The molecule has 4 heteroatoms. The van der Waals surface area contributed by atoms with Crippen LogP contribution in [-0.4, -0.2) is 24.6 Å². The number of anilines is 1. The van der Waals surface area contributed by atoms with Crippen LogP contribution in [0.5, 0.6) is 0 Å². The Hall–Kier alpha value is -1.60. The highest BCUT2D eigenvalue weighted by molar-refractivity contribution is 5.48. The summed E-state index contributed by atoms with van der Waals surface area (Å²) >= 11 is 0. The largest absolute Gasteiger partial charge is 0.356 e. The van der Waals surface area contributed by atoms with E-state index in [0.29, 0.717) is 6.42 Å². The van der Waals surface area contributed by atoms with Crippen LogP contribution >= 0.6 is 0 Å². The first kappa shape index (κ1) is 15.5. The summed E-state index contributed by atoms with van der Waals surface area (Å²) < 4.78 is 0. The Morgan fingerprint density at radius 1 is 1.47 bits per heavy atom. The average Bonchev–Trinajstić information content (AvgIpc) is 2.44. The minimum absolute atomic E-state index is 0.164. The van der Waals surface area contributed by atoms with Crippen LogP contribution in [0, 0.1) is 11.3 Å². The van der Waals surface area contributed by atoms with Gasteiger partial charge in [-0.2, -0.15) is 5.26 Å². The van der Waals surface area contributed by atoms with Gasteiger partial charge in [-0.15, -0.1) is 0 Å². The lowest BCUT2D eigenvalue weighted by molar-refractivity contribution is 0.565. The molecule has 0 saturated heterocycles. The number of pyridine rings is 1. The van der Waals surface area contributed by atoms with E-state index in [-0.39, 0.29) is 12.1 Å². The van der Waals surface area contributed by atoms with E-state index in [9.17, 15) is 0 Å². The number of nitrogens with one attached hydrogen (secondary N) is 1. The Kier molecular flexibility index (Phi) is 6.31. The molecular formula is C15H24N4. The van der Waals surface area contributed by atoms with E-state index >= 15 is 0 Å². The summed E-state index contributed by atoms with van der Waals surface area (Å²) in [4.78, 5) is 6.57. The fourth-order valence-electron chi connectivity index (χ4n) is 1.99. The summed E-state index contributed by atoms with van der Waals surface area (Å²) in [7, 11) is 2.00. The molecule has 1 N–H and O–H groups in total. The Morgan fingerprint density at radius 2 is 2.21 bits per heavy atom. The maximum Gasteiger partial charge on any atom is 0.133 e. The van der Waals surface area contributed by atoms with Crippen molar-refractivity contribution in [2.45, 2.75) is 45.7 Å². The van der Waals surface area contributed by atoms with Gasteiger partial charge in [0, 0.05) is 30.9 Å². The van der Waals surface area contributed by atoms with Crippen LogP contribution in [0.25, 0.3) is 0 Å². The van der Waals surface area contributed by atoms with E-state index in [2.05, 4.69) is 41.2 Å². The zero-order chi connectivity index (χ0) is 14.3. The van der Waals surface area contributed by atoms with E-state index in [1.54, 1.807) is 6.20 Å². The van der Waals surface area contributed by atoms with Gasteiger partial charge in [0.25, 0.3) is 0 Å². The molecule has 0 radical (unpaired) electrons. The Labute approximate surface area is 116 Å². The number of aromatic nitrogens is 1. The third kappa shape index (κ3) is 4.22. The van der Waals surface area contributed by atoms with Crippen LogP contribution < -0.4 is 10.2 Å². The minimum atomic E-state index is 0.164. The van der Waals surface area contributed by atoms with Crippen LogP contribution in [0.2, 0.25) is 0 Å². The lowest BCUT2D eigenvalue weighted by Gasteiger charge is -2.28. The first-order valence-corrected chi connectivity index (χ1v) is 6.89. The fourth-order valence-corrected chi connectivity index (χ4v) is 1.99. The van der Waals surface area contributed by atoms with Crippen molar-refractivity contribution in [3.05, 3.63) is 23.9 Å². The predicted molar refractivity (Wildman–Crippen MR) is 79.0 cm³/mol. The summed E-state index contributed by atoms with van der Waals surface area (Å²) in [6, 6.07) is 6.71. The fraction of sp³-hybridized carbons (Fsp3) is 0.600. The number of nitriles is 1. The number of hydrogen-bond donors (Lipinski definition) is 1. The van der Waals surface area contributed by atoms with Crippen molar-refractivity contribution < 1.29 is 0 Å². The van der Waals surface area contributed by atoms with Gasteiger partial charge in [-0.25, -0.2) is 4.98 Å². The topological polar surface area (TPSA) is 52.0 Å². The van der Waals surface area contributed by atoms with Crippen molar-refractivity contribution in [2.75, 3.05) is 18.5 Å². The average molecular weight is 260 g/mol. The summed E-state index contributed by atoms with van der Waals surface area (Å²) in [5.74, 6) is 0.960. The summed E-state index contributed by atoms with van der Waals surface area (Å²) in [6.07, 6.45) is 3.42. The van der Waals surface area contributed by atoms with Crippen LogP contribution in [0.3, 0.4) is 0 Å². The maximum absolute atomic E-state index is 8.82. The van der Waals surface area contributed by atoms with Crippen molar-refractivity contribution in [1.29, 1.82) is 5.26 Å². The molecule has 4 nitrogen and oxygen atoms in total. The van der Waals surface area contributed by atoms with E-state index in [4.69, 9.17) is 5.26 Å². The highest BCUT2D eigenvalue weighted by atomic mass is 15.2. The lowest BCUT2D eigenvalue weighted by Crippen LogP contribution is -2.31. The second-order valence-corrected chi connectivity index (χ2v) is 4.91. The highest BCUT2D eigenvalue weighted by Crippen LogP contribution is 2.24. The van der Waals surface area contributed by atoms with Crippen LogP contribution in [-0.2, 0) is 0 Å². The Bertz CT molecular complexity index is 424.